The fraction of sp³-hybridized carbons (Fsp3) is 0.450. The molecule has 25 heavy (non-hydrogen) atoms. The smallest absolute Gasteiger partial charge is 0.138 e. The molecule has 1 unspecified atom stereocenters. The normalized spacial score (nSPS) is 17.6. The molecule has 1 N–H and O–H groups in total. The Kier molecular flexibility index (Phi) is 3.21. The first-order valence-electron chi connectivity index (χ1n) is 9.17. The summed E-state index contributed by atoms with van der Waals surface area (Å²) in [6, 6.07) is 2.61. The van der Waals surface area contributed by atoms with Gasteiger partial charge in [-0.1, -0.05) is 12.8 Å². The maximum atomic E-state index is 9.39. The Labute approximate surface area is 146 Å². The second kappa shape index (κ2) is 5.45. The van der Waals surface area contributed by atoms with Crippen molar-refractivity contribution in [1.82, 2.24) is 19.7 Å². The number of hydrogen-bond acceptors (Lipinski definition) is 3. The largest absolute Gasteiger partial charge is 0.346 e. The van der Waals surface area contributed by atoms with Crippen LogP contribution < -0.4 is 0 Å². The average molecular weight is 331 g/mol. The van der Waals surface area contributed by atoms with E-state index in [1.54, 1.807) is 0 Å². The van der Waals surface area contributed by atoms with Crippen LogP contribution in [0.15, 0.2) is 18.6 Å². The zero-order valence-electron chi connectivity index (χ0n) is 14.4. The molecule has 0 amide bonds. The van der Waals surface area contributed by atoms with Crippen molar-refractivity contribution in [3.63, 3.8) is 0 Å². The lowest BCUT2D eigenvalue weighted by atomic mass is 9.89. The van der Waals surface area contributed by atoms with Gasteiger partial charge in [-0.25, -0.2) is 4.98 Å². The molecule has 3 aromatic rings. The lowest BCUT2D eigenvalue weighted by Gasteiger charge is -2.25. The number of pyridine rings is 1. The molecule has 0 spiro atoms. The first kappa shape index (κ1) is 14.7. The van der Waals surface area contributed by atoms with E-state index in [0.29, 0.717) is 12.3 Å². The number of nitrogens with zero attached hydrogens (tertiary/aromatic N) is 4. The summed E-state index contributed by atoms with van der Waals surface area (Å²) in [4.78, 5) is 7.83. The molecule has 2 aliphatic rings. The van der Waals surface area contributed by atoms with E-state index in [0.717, 1.165) is 12.1 Å². The van der Waals surface area contributed by atoms with Crippen molar-refractivity contribution < 1.29 is 0 Å². The Morgan fingerprint density at radius 3 is 3.00 bits per heavy atom. The van der Waals surface area contributed by atoms with E-state index in [9.17, 15) is 5.26 Å². The van der Waals surface area contributed by atoms with E-state index >= 15 is 0 Å². The van der Waals surface area contributed by atoms with E-state index < -0.39 is 0 Å². The highest BCUT2D eigenvalue weighted by Gasteiger charge is 2.32. The lowest BCUT2D eigenvalue weighted by Crippen LogP contribution is -2.21. The first-order valence-corrected chi connectivity index (χ1v) is 9.17. The molecule has 126 valence electrons. The molecule has 5 heteroatoms. The molecule has 5 nitrogen and oxygen atoms in total. The topological polar surface area (TPSA) is 70.3 Å². The van der Waals surface area contributed by atoms with Gasteiger partial charge in [0.2, 0.25) is 0 Å². The summed E-state index contributed by atoms with van der Waals surface area (Å²) >= 11 is 0. The maximum Gasteiger partial charge on any atom is 0.138 e. The molecule has 5 rings (SSSR count). The predicted octanol–water partition coefficient (Wildman–Crippen LogP) is 4.28. The van der Waals surface area contributed by atoms with Crippen molar-refractivity contribution in [3.05, 3.63) is 35.4 Å². The van der Waals surface area contributed by atoms with Crippen LogP contribution in [0.4, 0.5) is 0 Å². The molecule has 0 aliphatic heterocycles. The number of aryl methyl sites for hydroxylation is 1. The van der Waals surface area contributed by atoms with Gasteiger partial charge in [0.25, 0.3) is 0 Å². The lowest BCUT2D eigenvalue weighted by molar-refractivity contribution is 0.308. The monoisotopic (exact) mass is 331 g/mol. The quantitative estimate of drug-likeness (QED) is 0.609. The van der Waals surface area contributed by atoms with Crippen molar-refractivity contribution in [2.45, 2.75) is 51.5 Å². The second-order valence-corrected chi connectivity index (χ2v) is 7.45. The van der Waals surface area contributed by atoms with Crippen LogP contribution in [0.3, 0.4) is 0 Å². The van der Waals surface area contributed by atoms with E-state index in [-0.39, 0.29) is 6.04 Å². The Hall–Kier alpha value is -2.61. The standard InChI is InChI=1S/C20H21N5/c1-12-9-22-20-19-14(10-23-20)8-17-15(18(12)19)11-24-25(17)16(6-7-21)13-4-2-3-5-13/h9-11,13,16H,2-6,8H2,1H3,(H,22,23). The predicted molar refractivity (Wildman–Crippen MR) is 96.1 cm³/mol. The van der Waals surface area contributed by atoms with Gasteiger partial charge in [-0.2, -0.15) is 10.4 Å². The summed E-state index contributed by atoms with van der Waals surface area (Å²) in [5.74, 6) is 0.579. The van der Waals surface area contributed by atoms with Crippen molar-refractivity contribution in [2.75, 3.05) is 0 Å². The summed E-state index contributed by atoms with van der Waals surface area (Å²) in [6.07, 6.45) is 12.4. The molecule has 0 aromatic carbocycles. The zero-order chi connectivity index (χ0) is 17.0. The summed E-state index contributed by atoms with van der Waals surface area (Å²) in [5, 5.41) is 15.4. The summed E-state index contributed by atoms with van der Waals surface area (Å²) < 4.78 is 2.18. The molecule has 3 aromatic heterocycles. The van der Waals surface area contributed by atoms with Gasteiger partial charge in [0.05, 0.1) is 30.4 Å². The maximum absolute atomic E-state index is 9.39. The van der Waals surface area contributed by atoms with Gasteiger partial charge in [-0.15, -0.1) is 0 Å². The van der Waals surface area contributed by atoms with Gasteiger partial charge in [-0.05, 0) is 36.8 Å². The van der Waals surface area contributed by atoms with Gasteiger partial charge in [0.1, 0.15) is 5.65 Å². The van der Waals surface area contributed by atoms with E-state index in [4.69, 9.17) is 5.10 Å². The van der Waals surface area contributed by atoms with Crippen LogP contribution in [-0.4, -0.2) is 19.7 Å². The number of nitrogens with one attached hydrogen (secondary N) is 1. The third kappa shape index (κ3) is 2.07. The Morgan fingerprint density at radius 1 is 1.36 bits per heavy atom. The van der Waals surface area contributed by atoms with Gasteiger partial charge in [-0.3, -0.25) is 4.68 Å². The highest BCUT2D eigenvalue weighted by molar-refractivity contribution is 5.99. The molecule has 1 atom stereocenters. The van der Waals surface area contributed by atoms with Gasteiger partial charge >= 0.3 is 0 Å². The molecule has 0 radical (unpaired) electrons. The van der Waals surface area contributed by atoms with Crippen molar-refractivity contribution >= 4 is 11.0 Å². The second-order valence-electron chi connectivity index (χ2n) is 7.45. The van der Waals surface area contributed by atoms with Crippen molar-refractivity contribution in [2.24, 2.45) is 5.92 Å². The number of fused-ring (bicyclic) bond motifs is 2. The zero-order valence-corrected chi connectivity index (χ0v) is 14.4. The highest BCUT2D eigenvalue weighted by Crippen LogP contribution is 2.43. The van der Waals surface area contributed by atoms with E-state index in [2.05, 4.69) is 33.8 Å². The van der Waals surface area contributed by atoms with Gasteiger partial charge in [0.15, 0.2) is 0 Å². The number of rotatable bonds is 3. The Morgan fingerprint density at radius 2 is 2.20 bits per heavy atom. The molecule has 1 fully saturated rings. The molecular formula is C20H21N5. The van der Waals surface area contributed by atoms with Crippen LogP contribution in [-0.2, 0) is 6.42 Å². The molecule has 1 saturated carbocycles. The third-order valence-electron chi connectivity index (χ3n) is 6.06. The number of hydrogen-bond donors (Lipinski definition) is 1. The van der Waals surface area contributed by atoms with Crippen LogP contribution in [0.2, 0.25) is 0 Å². The minimum absolute atomic E-state index is 0.203. The first-order chi connectivity index (χ1) is 12.3. The molecule has 3 heterocycles. The van der Waals surface area contributed by atoms with E-state index in [1.165, 1.54) is 59.0 Å². The molecule has 2 aliphatic carbocycles. The number of nitriles is 1. The van der Waals surface area contributed by atoms with Gasteiger partial charge < -0.3 is 4.98 Å². The summed E-state index contributed by atoms with van der Waals surface area (Å²) in [7, 11) is 0. The van der Waals surface area contributed by atoms with Crippen LogP contribution >= 0.6 is 0 Å². The van der Waals surface area contributed by atoms with Crippen LogP contribution in [0.5, 0.6) is 0 Å². The number of aromatic amines is 1. The van der Waals surface area contributed by atoms with Gasteiger partial charge in [0, 0.05) is 35.3 Å². The SMILES string of the molecule is Cc1cnc2[nH]cc3c2c1-c1cnn(C(CC#N)C2CCCC2)c1C3. The fourth-order valence-electron chi connectivity index (χ4n) is 4.87. The minimum atomic E-state index is 0.203. The minimum Gasteiger partial charge on any atom is -0.346 e. The third-order valence-corrected chi connectivity index (χ3v) is 6.06. The highest BCUT2D eigenvalue weighted by atomic mass is 15.3. The molecule has 0 saturated heterocycles. The molecule has 0 bridgehead atoms. The Balaban J connectivity index is 1.68. The number of aromatic nitrogens is 4. The Bertz CT molecular complexity index is 997. The molecular weight excluding hydrogens is 310 g/mol. The van der Waals surface area contributed by atoms with Crippen LogP contribution in [0.1, 0.15) is 55.0 Å². The van der Waals surface area contributed by atoms with Crippen molar-refractivity contribution in [1.29, 1.82) is 5.26 Å². The van der Waals surface area contributed by atoms with Crippen LogP contribution in [0, 0.1) is 24.2 Å². The average Bonchev–Trinajstić information content (AvgIpc) is 3.35. The fourth-order valence-corrected chi connectivity index (χ4v) is 4.87. The number of H-pyrrole nitrogens is 1. The van der Waals surface area contributed by atoms with Crippen LogP contribution in [0.25, 0.3) is 22.2 Å². The summed E-state index contributed by atoms with van der Waals surface area (Å²) in [5.41, 5.74) is 7.17. The van der Waals surface area contributed by atoms with E-state index in [1.807, 2.05) is 12.4 Å². The summed E-state index contributed by atoms with van der Waals surface area (Å²) in [6.45, 7) is 2.12. The van der Waals surface area contributed by atoms with Crippen molar-refractivity contribution in [3.8, 4) is 17.2 Å².